The third-order valence-electron chi connectivity index (χ3n) is 2.85. The molecule has 4 heteroatoms. The van der Waals surface area contributed by atoms with E-state index >= 15 is 0 Å². The van der Waals surface area contributed by atoms with Gasteiger partial charge in [0.15, 0.2) is 0 Å². The SMILES string of the molecule is COC(=O)C[C@@H](C)N1CCN(C)CC1. The summed E-state index contributed by atoms with van der Waals surface area (Å²) in [5.74, 6) is -0.114. The molecule has 0 aromatic carbocycles. The summed E-state index contributed by atoms with van der Waals surface area (Å²) in [6.07, 6.45) is 0.500. The van der Waals surface area contributed by atoms with Crippen molar-refractivity contribution in [2.75, 3.05) is 40.3 Å². The zero-order valence-electron chi connectivity index (χ0n) is 9.32. The molecular formula is C10H20N2O2. The molecular weight excluding hydrogens is 180 g/mol. The Kier molecular flexibility index (Phi) is 4.35. The molecule has 0 aromatic heterocycles. The normalized spacial score (nSPS) is 21.9. The van der Waals surface area contributed by atoms with Crippen LogP contribution in [0.15, 0.2) is 0 Å². The van der Waals surface area contributed by atoms with Crippen molar-refractivity contribution in [2.24, 2.45) is 0 Å². The van der Waals surface area contributed by atoms with Crippen LogP contribution >= 0.6 is 0 Å². The van der Waals surface area contributed by atoms with Gasteiger partial charge < -0.3 is 9.64 Å². The molecule has 0 amide bonds. The van der Waals surface area contributed by atoms with E-state index in [1.165, 1.54) is 7.11 Å². The number of esters is 1. The number of ether oxygens (including phenoxy) is 1. The number of hydrogen-bond acceptors (Lipinski definition) is 4. The van der Waals surface area contributed by atoms with E-state index in [9.17, 15) is 4.79 Å². The summed E-state index contributed by atoms with van der Waals surface area (Å²) < 4.78 is 4.66. The van der Waals surface area contributed by atoms with E-state index in [0.29, 0.717) is 12.5 Å². The number of methoxy groups -OCH3 is 1. The molecule has 0 spiro atoms. The van der Waals surface area contributed by atoms with Gasteiger partial charge in [-0.3, -0.25) is 9.69 Å². The summed E-state index contributed by atoms with van der Waals surface area (Å²) in [4.78, 5) is 15.7. The quantitative estimate of drug-likeness (QED) is 0.609. The van der Waals surface area contributed by atoms with Crippen molar-refractivity contribution in [3.8, 4) is 0 Å². The van der Waals surface area contributed by atoms with Gasteiger partial charge >= 0.3 is 5.97 Å². The molecule has 0 radical (unpaired) electrons. The van der Waals surface area contributed by atoms with Crippen LogP contribution in [0.1, 0.15) is 13.3 Å². The van der Waals surface area contributed by atoms with Crippen LogP contribution in [0.25, 0.3) is 0 Å². The fourth-order valence-corrected chi connectivity index (χ4v) is 1.72. The molecule has 0 aliphatic carbocycles. The summed E-state index contributed by atoms with van der Waals surface area (Å²) in [5, 5.41) is 0. The Morgan fingerprint density at radius 1 is 1.36 bits per heavy atom. The zero-order chi connectivity index (χ0) is 10.6. The van der Waals surface area contributed by atoms with Crippen molar-refractivity contribution < 1.29 is 9.53 Å². The molecule has 0 bridgehead atoms. The maximum Gasteiger partial charge on any atom is 0.307 e. The number of hydrogen-bond donors (Lipinski definition) is 0. The first-order valence-corrected chi connectivity index (χ1v) is 5.13. The summed E-state index contributed by atoms with van der Waals surface area (Å²) in [6.45, 7) is 6.36. The number of carbonyl (C=O) groups excluding carboxylic acids is 1. The van der Waals surface area contributed by atoms with Gasteiger partial charge in [-0.15, -0.1) is 0 Å². The van der Waals surface area contributed by atoms with Crippen molar-refractivity contribution in [1.82, 2.24) is 9.80 Å². The summed E-state index contributed by atoms with van der Waals surface area (Å²) >= 11 is 0. The van der Waals surface area contributed by atoms with Crippen LogP contribution in [0, 0.1) is 0 Å². The first kappa shape index (κ1) is 11.5. The molecule has 1 heterocycles. The van der Waals surface area contributed by atoms with Crippen molar-refractivity contribution in [1.29, 1.82) is 0 Å². The molecule has 4 nitrogen and oxygen atoms in total. The predicted octanol–water partition coefficient (Wildman–Crippen LogP) is 0.185. The highest BCUT2D eigenvalue weighted by Crippen LogP contribution is 2.08. The first-order valence-electron chi connectivity index (χ1n) is 5.13. The molecule has 1 aliphatic heterocycles. The minimum absolute atomic E-state index is 0.114. The second-order valence-electron chi connectivity index (χ2n) is 3.97. The lowest BCUT2D eigenvalue weighted by atomic mass is 10.2. The van der Waals surface area contributed by atoms with Gasteiger partial charge in [0.1, 0.15) is 0 Å². The lowest BCUT2D eigenvalue weighted by Gasteiger charge is -2.36. The highest BCUT2D eigenvalue weighted by Gasteiger charge is 2.20. The van der Waals surface area contributed by atoms with Gasteiger partial charge in [-0.05, 0) is 14.0 Å². The van der Waals surface area contributed by atoms with Crippen LogP contribution < -0.4 is 0 Å². The van der Waals surface area contributed by atoms with Crippen molar-refractivity contribution in [3.63, 3.8) is 0 Å². The van der Waals surface area contributed by atoms with Gasteiger partial charge in [-0.1, -0.05) is 0 Å². The highest BCUT2D eigenvalue weighted by molar-refractivity contribution is 5.69. The van der Waals surface area contributed by atoms with Crippen LogP contribution in [-0.2, 0) is 9.53 Å². The average molecular weight is 200 g/mol. The third kappa shape index (κ3) is 3.27. The zero-order valence-corrected chi connectivity index (χ0v) is 9.32. The van der Waals surface area contributed by atoms with Gasteiger partial charge in [0.05, 0.1) is 13.5 Å². The summed E-state index contributed by atoms with van der Waals surface area (Å²) in [7, 11) is 3.57. The Morgan fingerprint density at radius 2 is 1.93 bits per heavy atom. The van der Waals surface area contributed by atoms with Gasteiger partial charge in [0.25, 0.3) is 0 Å². The second-order valence-corrected chi connectivity index (χ2v) is 3.97. The number of likely N-dealkylation sites (N-methyl/N-ethyl adjacent to an activating group) is 1. The van der Waals surface area contributed by atoms with Crippen LogP contribution in [0.5, 0.6) is 0 Å². The Bertz CT molecular complexity index is 189. The van der Waals surface area contributed by atoms with E-state index in [0.717, 1.165) is 26.2 Å². The van der Waals surface area contributed by atoms with E-state index in [1.54, 1.807) is 0 Å². The lowest BCUT2D eigenvalue weighted by molar-refractivity contribution is -0.142. The minimum Gasteiger partial charge on any atom is -0.469 e. The van der Waals surface area contributed by atoms with Crippen molar-refractivity contribution >= 4 is 5.97 Å². The van der Waals surface area contributed by atoms with Crippen molar-refractivity contribution in [3.05, 3.63) is 0 Å². The molecule has 1 saturated heterocycles. The van der Waals surface area contributed by atoms with E-state index < -0.39 is 0 Å². The van der Waals surface area contributed by atoms with E-state index in [4.69, 9.17) is 0 Å². The molecule has 14 heavy (non-hydrogen) atoms. The first-order chi connectivity index (χ1) is 6.63. The topological polar surface area (TPSA) is 32.8 Å². The molecule has 0 saturated carbocycles. The molecule has 1 rings (SSSR count). The molecule has 82 valence electrons. The lowest BCUT2D eigenvalue weighted by Crippen LogP contribution is -2.48. The average Bonchev–Trinajstić information content (AvgIpc) is 2.18. The largest absolute Gasteiger partial charge is 0.469 e. The monoisotopic (exact) mass is 200 g/mol. The van der Waals surface area contributed by atoms with Gasteiger partial charge in [0.2, 0.25) is 0 Å². The van der Waals surface area contributed by atoms with Crippen LogP contribution in [-0.4, -0.2) is 62.1 Å². The van der Waals surface area contributed by atoms with Crippen LogP contribution in [0.4, 0.5) is 0 Å². The molecule has 1 atom stereocenters. The molecule has 1 aliphatic rings. The van der Waals surface area contributed by atoms with E-state index in [2.05, 4.69) is 28.5 Å². The molecule has 1 fully saturated rings. The van der Waals surface area contributed by atoms with Crippen molar-refractivity contribution in [2.45, 2.75) is 19.4 Å². The number of carbonyl (C=O) groups is 1. The van der Waals surface area contributed by atoms with E-state index in [-0.39, 0.29) is 5.97 Å². The standard InChI is InChI=1S/C10H20N2O2/c1-9(8-10(13)14-3)12-6-4-11(2)5-7-12/h9H,4-8H2,1-3H3/t9-/m1/s1. The Balaban J connectivity index is 2.30. The minimum atomic E-state index is -0.114. The smallest absolute Gasteiger partial charge is 0.307 e. The Hall–Kier alpha value is -0.610. The number of piperazine rings is 1. The number of nitrogens with zero attached hydrogens (tertiary/aromatic N) is 2. The second kappa shape index (κ2) is 5.32. The van der Waals surface area contributed by atoms with Gasteiger partial charge in [-0.2, -0.15) is 0 Å². The Labute approximate surface area is 85.8 Å². The highest BCUT2D eigenvalue weighted by atomic mass is 16.5. The predicted molar refractivity (Wildman–Crippen MR) is 55.2 cm³/mol. The van der Waals surface area contributed by atoms with Gasteiger partial charge in [0, 0.05) is 32.2 Å². The number of rotatable bonds is 3. The third-order valence-corrected chi connectivity index (χ3v) is 2.85. The molecule has 0 aromatic rings. The van der Waals surface area contributed by atoms with Crippen LogP contribution in [0.2, 0.25) is 0 Å². The summed E-state index contributed by atoms with van der Waals surface area (Å²) in [5.41, 5.74) is 0. The van der Waals surface area contributed by atoms with E-state index in [1.807, 2.05) is 0 Å². The fourth-order valence-electron chi connectivity index (χ4n) is 1.72. The van der Waals surface area contributed by atoms with Crippen LogP contribution in [0.3, 0.4) is 0 Å². The van der Waals surface area contributed by atoms with Gasteiger partial charge in [-0.25, -0.2) is 0 Å². The molecule has 0 N–H and O–H groups in total. The molecule has 0 unspecified atom stereocenters. The maximum atomic E-state index is 11.1. The fraction of sp³-hybridized carbons (Fsp3) is 0.900. The maximum absolute atomic E-state index is 11.1. The summed E-state index contributed by atoms with van der Waals surface area (Å²) in [6, 6.07) is 0.302. The Morgan fingerprint density at radius 3 is 2.43 bits per heavy atom.